The van der Waals surface area contributed by atoms with E-state index in [0.29, 0.717) is 6.04 Å². The molecule has 0 bridgehead atoms. The molecule has 1 saturated heterocycles. The van der Waals surface area contributed by atoms with Crippen LogP contribution in [0.1, 0.15) is 65.2 Å². The first kappa shape index (κ1) is 21.0. The predicted octanol–water partition coefficient (Wildman–Crippen LogP) is 3.61. The van der Waals surface area contributed by atoms with Crippen molar-refractivity contribution in [2.45, 2.75) is 77.3 Å². The highest BCUT2D eigenvalue weighted by molar-refractivity contribution is 14.0. The van der Waals surface area contributed by atoms with Crippen molar-refractivity contribution in [2.24, 2.45) is 10.9 Å². The van der Waals surface area contributed by atoms with Gasteiger partial charge >= 0.3 is 0 Å². The number of halogens is 1. The van der Waals surface area contributed by atoms with Crippen LogP contribution < -0.4 is 10.6 Å². The summed E-state index contributed by atoms with van der Waals surface area (Å²) in [7, 11) is 1.88. The van der Waals surface area contributed by atoms with Gasteiger partial charge in [0.1, 0.15) is 0 Å². The van der Waals surface area contributed by atoms with Gasteiger partial charge in [-0.25, -0.2) is 0 Å². The molecule has 2 N–H and O–H groups in total. The van der Waals surface area contributed by atoms with Crippen LogP contribution in [0.15, 0.2) is 4.99 Å². The Balaban J connectivity index is 0.00000264. The molecule has 0 aromatic rings. The summed E-state index contributed by atoms with van der Waals surface area (Å²) in [4.78, 5) is 7.13. The molecule has 2 rings (SSSR count). The van der Waals surface area contributed by atoms with Crippen molar-refractivity contribution < 1.29 is 0 Å². The van der Waals surface area contributed by atoms with Gasteiger partial charge in [-0.3, -0.25) is 4.99 Å². The number of guanidine groups is 1. The fourth-order valence-corrected chi connectivity index (χ4v) is 3.88. The van der Waals surface area contributed by atoms with Crippen molar-refractivity contribution in [3.8, 4) is 0 Å². The number of aliphatic imine (C=N–C) groups is 1. The van der Waals surface area contributed by atoms with Crippen LogP contribution in [0.3, 0.4) is 0 Å². The molecule has 1 aliphatic heterocycles. The molecule has 2 aliphatic rings. The van der Waals surface area contributed by atoms with Gasteiger partial charge in [0.2, 0.25) is 0 Å². The lowest BCUT2D eigenvalue weighted by Crippen LogP contribution is -2.50. The molecule has 0 radical (unpaired) electrons. The van der Waals surface area contributed by atoms with Crippen LogP contribution in [-0.2, 0) is 0 Å². The molecule has 0 atom stereocenters. The summed E-state index contributed by atoms with van der Waals surface area (Å²) < 4.78 is 0. The molecule has 0 aromatic carbocycles. The van der Waals surface area contributed by atoms with Crippen LogP contribution in [0.2, 0.25) is 0 Å². The van der Waals surface area contributed by atoms with Gasteiger partial charge in [0.05, 0.1) is 0 Å². The van der Waals surface area contributed by atoms with E-state index in [0.717, 1.165) is 24.5 Å². The monoisotopic (exact) mass is 436 g/mol. The van der Waals surface area contributed by atoms with Crippen LogP contribution in [0.5, 0.6) is 0 Å². The van der Waals surface area contributed by atoms with E-state index >= 15 is 0 Å². The van der Waals surface area contributed by atoms with Gasteiger partial charge in [0.25, 0.3) is 0 Å². The van der Waals surface area contributed by atoms with Gasteiger partial charge in [-0.05, 0) is 31.6 Å². The van der Waals surface area contributed by atoms with E-state index in [1.165, 1.54) is 64.5 Å². The average molecular weight is 436 g/mol. The molecule has 0 amide bonds. The Hall–Kier alpha value is -0.0400. The molecule has 23 heavy (non-hydrogen) atoms. The standard InChI is InChI=1S/C18H36N4.HI/c1-4-15(5-2)14-20-18(19-3)21-16-10-12-22(13-11-16)17-8-6-7-9-17;/h15-17H,4-14H2,1-3H3,(H2,19,20,21);1H. The topological polar surface area (TPSA) is 39.7 Å². The summed E-state index contributed by atoms with van der Waals surface area (Å²) in [5.74, 6) is 1.74. The zero-order chi connectivity index (χ0) is 15.8. The van der Waals surface area contributed by atoms with Gasteiger partial charge in [-0.15, -0.1) is 24.0 Å². The molecule has 5 heteroatoms. The third-order valence-corrected chi connectivity index (χ3v) is 5.65. The number of nitrogens with zero attached hydrogens (tertiary/aromatic N) is 2. The van der Waals surface area contributed by atoms with E-state index in [4.69, 9.17) is 0 Å². The molecular formula is C18H37IN4. The van der Waals surface area contributed by atoms with Crippen LogP contribution in [0.4, 0.5) is 0 Å². The van der Waals surface area contributed by atoms with Crippen molar-refractivity contribution >= 4 is 29.9 Å². The Bertz CT molecular complexity index is 330. The van der Waals surface area contributed by atoms with Gasteiger partial charge in [0, 0.05) is 38.8 Å². The minimum absolute atomic E-state index is 0. The largest absolute Gasteiger partial charge is 0.356 e. The van der Waals surface area contributed by atoms with Crippen LogP contribution in [0, 0.1) is 5.92 Å². The van der Waals surface area contributed by atoms with Crippen molar-refractivity contribution in [3.63, 3.8) is 0 Å². The van der Waals surface area contributed by atoms with E-state index in [1.807, 2.05) is 7.05 Å². The highest BCUT2D eigenvalue weighted by Gasteiger charge is 2.27. The van der Waals surface area contributed by atoms with Gasteiger partial charge in [-0.1, -0.05) is 39.5 Å². The number of rotatable bonds is 6. The maximum atomic E-state index is 4.40. The average Bonchev–Trinajstić information content (AvgIpc) is 3.09. The number of likely N-dealkylation sites (tertiary alicyclic amines) is 1. The second kappa shape index (κ2) is 11.5. The van der Waals surface area contributed by atoms with Gasteiger partial charge < -0.3 is 15.5 Å². The molecule has 0 unspecified atom stereocenters. The Morgan fingerprint density at radius 2 is 1.70 bits per heavy atom. The quantitative estimate of drug-likeness (QED) is 0.380. The SMILES string of the molecule is CCC(CC)CNC(=NC)NC1CCN(C2CCCC2)CC1.I. The van der Waals surface area contributed by atoms with Crippen molar-refractivity contribution in [1.29, 1.82) is 0 Å². The summed E-state index contributed by atoms with van der Waals surface area (Å²) in [6.45, 7) is 8.08. The first-order chi connectivity index (χ1) is 10.8. The van der Waals surface area contributed by atoms with E-state index < -0.39 is 0 Å². The lowest BCUT2D eigenvalue weighted by atomic mass is 10.0. The number of piperidine rings is 1. The second-order valence-electron chi connectivity index (χ2n) is 7.03. The Morgan fingerprint density at radius 1 is 1.09 bits per heavy atom. The fourth-order valence-electron chi connectivity index (χ4n) is 3.88. The lowest BCUT2D eigenvalue weighted by molar-refractivity contribution is 0.150. The minimum Gasteiger partial charge on any atom is -0.356 e. The van der Waals surface area contributed by atoms with Crippen LogP contribution in [-0.4, -0.2) is 49.6 Å². The van der Waals surface area contributed by atoms with Crippen LogP contribution >= 0.6 is 24.0 Å². The molecule has 0 aromatic heterocycles. The molecule has 1 aliphatic carbocycles. The van der Waals surface area contributed by atoms with Gasteiger partial charge in [-0.2, -0.15) is 0 Å². The molecular weight excluding hydrogens is 399 g/mol. The number of nitrogens with one attached hydrogen (secondary N) is 2. The van der Waals surface area contributed by atoms with E-state index in [-0.39, 0.29) is 24.0 Å². The molecule has 1 saturated carbocycles. The van der Waals surface area contributed by atoms with E-state index in [9.17, 15) is 0 Å². The maximum Gasteiger partial charge on any atom is 0.191 e. The lowest BCUT2D eigenvalue weighted by Gasteiger charge is -2.36. The second-order valence-corrected chi connectivity index (χ2v) is 7.03. The summed E-state index contributed by atoms with van der Waals surface area (Å²) in [5, 5.41) is 7.14. The molecule has 2 fully saturated rings. The van der Waals surface area contributed by atoms with Crippen LogP contribution in [0.25, 0.3) is 0 Å². The maximum absolute atomic E-state index is 4.40. The smallest absolute Gasteiger partial charge is 0.191 e. The fraction of sp³-hybridized carbons (Fsp3) is 0.944. The van der Waals surface area contributed by atoms with Crippen molar-refractivity contribution in [3.05, 3.63) is 0 Å². The number of hydrogen-bond donors (Lipinski definition) is 2. The number of hydrogen-bond acceptors (Lipinski definition) is 2. The first-order valence-corrected chi connectivity index (χ1v) is 9.48. The summed E-state index contributed by atoms with van der Waals surface area (Å²) >= 11 is 0. The van der Waals surface area contributed by atoms with Gasteiger partial charge in [0.15, 0.2) is 5.96 Å². The third kappa shape index (κ3) is 6.77. The Kier molecular flexibility index (Phi) is 10.5. The molecule has 1 heterocycles. The summed E-state index contributed by atoms with van der Waals surface area (Å²) in [6, 6.07) is 1.47. The first-order valence-electron chi connectivity index (χ1n) is 9.48. The Labute approximate surface area is 160 Å². The highest BCUT2D eigenvalue weighted by Crippen LogP contribution is 2.26. The molecule has 0 spiro atoms. The molecule has 4 nitrogen and oxygen atoms in total. The molecule has 136 valence electrons. The van der Waals surface area contributed by atoms with E-state index in [2.05, 4.69) is 34.4 Å². The summed E-state index contributed by atoms with van der Waals surface area (Å²) in [5.41, 5.74) is 0. The van der Waals surface area contributed by atoms with Crippen molar-refractivity contribution in [1.82, 2.24) is 15.5 Å². The Morgan fingerprint density at radius 3 is 2.22 bits per heavy atom. The highest BCUT2D eigenvalue weighted by atomic mass is 127. The van der Waals surface area contributed by atoms with E-state index in [1.54, 1.807) is 0 Å². The zero-order valence-electron chi connectivity index (χ0n) is 15.3. The zero-order valence-corrected chi connectivity index (χ0v) is 17.6. The minimum atomic E-state index is 0. The van der Waals surface area contributed by atoms with Crippen molar-refractivity contribution in [2.75, 3.05) is 26.7 Å². The third-order valence-electron chi connectivity index (χ3n) is 5.65. The summed E-state index contributed by atoms with van der Waals surface area (Å²) in [6.07, 6.45) is 10.7. The normalized spacial score (nSPS) is 21.5. The predicted molar refractivity (Wildman–Crippen MR) is 111 cm³/mol.